The fraction of sp³-hybridized carbons (Fsp3) is 0.571. The third-order valence-corrected chi connectivity index (χ3v) is 4.28. The van der Waals surface area contributed by atoms with Gasteiger partial charge in [0.25, 0.3) is 0 Å². The molecule has 1 unspecified atom stereocenters. The molecule has 0 aromatic heterocycles. The number of hydrogen-bond donors (Lipinski definition) is 1. The van der Waals surface area contributed by atoms with Gasteiger partial charge in [-0.05, 0) is 51.0 Å². The van der Waals surface area contributed by atoms with E-state index in [-0.39, 0.29) is 5.82 Å². The fourth-order valence-corrected chi connectivity index (χ4v) is 3.12. The molecule has 1 saturated heterocycles. The van der Waals surface area contributed by atoms with E-state index in [1.807, 2.05) is 13.1 Å². The van der Waals surface area contributed by atoms with Crippen molar-refractivity contribution >= 4 is 15.9 Å². The summed E-state index contributed by atoms with van der Waals surface area (Å²) in [7, 11) is 1.99. The molecule has 0 saturated carbocycles. The van der Waals surface area contributed by atoms with Crippen molar-refractivity contribution in [3.05, 3.63) is 34.1 Å². The standard InChI is InChI=1S/C14H20BrFN2/c1-17-8-11-4-3-7-18(9-11)10-12-13(15)5-2-6-14(12)16/h2,5-6,11,17H,3-4,7-10H2,1H3. The van der Waals surface area contributed by atoms with E-state index in [2.05, 4.69) is 26.1 Å². The minimum Gasteiger partial charge on any atom is -0.319 e. The van der Waals surface area contributed by atoms with Crippen LogP contribution in [0.5, 0.6) is 0 Å². The molecule has 1 aliphatic heterocycles. The highest BCUT2D eigenvalue weighted by atomic mass is 79.9. The van der Waals surface area contributed by atoms with Gasteiger partial charge in [0.05, 0.1) is 0 Å². The molecule has 1 heterocycles. The molecular weight excluding hydrogens is 295 g/mol. The maximum absolute atomic E-state index is 13.8. The van der Waals surface area contributed by atoms with E-state index in [0.29, 0.717) is 12.5 Å². The lowest BCUT2D eigenvalue weighted by molar-refractivity contribution is 0.165. The van der Waals surface area contributed by atoms with Crippen LogP contribution in [0.3, 0.4) is 0 Å². The molecule has 1 aromatic rings. The van der Waals surface area contributed by atoms with Crippen molar-refractivity contribution in [2.45, 2.75) is 19.4 Å². The Hall–Kier alpha value is -0.450. The number of nitrogens with one attached hydrogen (secondary N) is 1. The zero-order chi connectivity index (χ0) is 13.0. The monoisotopic (exact) mass is 314 g/mol. The van der Waals surface area contributed by atoms with E-state index in [9.17, 15) is 4.39 Å². The van der Waals surface area contributed by atoms with Gasteiger partial charge in [-0.25, -0.2) is 4.39 Å². The lowest BCUT2D eigenvalue weighted by atomic mass is 9.97. The highest BCUT2D eigenvalue weighted by molar-refractivity contribution is 9.10. The van der Waals surface area contributed by atoms with Crippen molar-refractivity contribution in [1.29, 1.82) is 0 Å². The van der Waals surface area contributed by atoms with E-state index in [4.69, 9.17) is 0 Å². The van der Waals surface area contributed by atoms with E-state index in [0.717, 1.165) is 29.7 Å². The Morgan fingerprint density at radius 1 is 1.50 bits per heavy atom. The Labute approximate surface area is 117 Å². The lowest BCUT2D eigenvalue weighted by Gasteiger charge is -2.33. The molecule has 1 fully saturated rings. The van der Waals surface area contributed by atoms with E-state index < -0.39 is 0 Å². The van der Waals surface area contributed by atoms with Crippen molar-refractivity contribution < 1.29 is 4.39 Å². The van der Waals surface area contributed by atoms with Crippen molar-refractivity contribution in [2.75, 3.05) is 26.7 Å². The molecule has 2 rings (SSSR count). The van der Waals surface area contributed by atoms with Crippen LogP contribution in [-0.4, -0.2) is 31.6 Å². The maximum atomic E-state index is 13.8. The molecule has 1 atom stereocenters. The van der Waals surface area contributed by atoms with E-state index in [1.54, 1.807) is 6.07 Å². The average molecular weight is 315 g/mol. The highest BCUT2D eigenvalue weighted by Gasteiger charge is 2.20. The van der Waals surface area contributed by atoms with Crippen molar-refractivity contribution in [3.63, 3.8) is 0 Å². The molecule has 2 nitrogen and oxygen atoms in total. The van der Waals surface area contributed by atoms with Gasteiger partial charge in [-0.3, -0.25) is 4.90 Å². The molecule has 1 aliphatic rings. The average Bonchev–Trinajstić information content (AvgIpc) is 2.35. The molecule has 18 heavy (non-hydrogen) atoms. The summed E-state index contributed by atoms with van der Waals surface area (Å²) in [6.07, 6.45) is 2.48. The summed E-state index contributed by atoms with van der Waals surface area (Å²) in [4.78, 5) is 2.36. The first-order chi connectivity index (χ1) is 8.70. The molecule has 0 amide bonds. The van der Waals surface area contributed by atoms with Crippen molar-refractivity contribution in [1.82, 2.24) is 10.2 Å². The Balaban J connectivity index is 2.00. The number of halogens is 2. The van der Waals surface area contributed by atoms with Crippen LogP contribution in [-0.2, 0) is 6.54 Å². The number of likely N-dealkylation sites (tertiary alicyclic amines) is 1. The van der Waals surface area contributed by atoms with Crippen LogP contribution < -0.4 is 5.32 Å². The van der Waals surface area contributed by atoms with Gasteiger partial charge in [0, 0.05) is 23.1 Å². The molecule has 0 bridgehead atoms. The van der Waals surface area contributed by atoms with Crippen molar-refractivity contribution in [2.24, 2.45) is 5.92 Å². The summed E-state index contributed by atoms with van der Waals surface area (Å²) in [5.74, 6) is 0.578. The first-order valence-corrected chi connectivity index (χ1v) is 7.30. The topological polar surface area (TPSA) is 15.3 Å². The molecule has 4 heteroatoms. The van der Waals surface area contributed by atoms with Gasteiger partial charge in [0.1, 0.15) is 5.82 Å². The van der Waals surface area contributed by atoms with Gasteiger partial charge in [-0.2, -0.15) is 0 Å². The Bertz CT molecular complexity index is 375. The van der Waals surface area contributed by atoms with Gasteiger partial charge in [-0.1, -0.05) is 22.0 Å². The Morgan fingerprint density at radius 3 is 3.06 bits per heavy atom. The predicted molar refractivity (Wildman–Crippen MR) is 76.0 cm³/mol. The first kappa shape index (κ1) is 14.0. The summed E-state index contributed by atoms with van der Waals surface area (Å²) in [6, 6.07) is 5.19. The van der Waals surface area contributed by atoms with Crippen LogP contribution in [0.4, 0.5) is 4.39 Å². The molecule has 1 N–H and O–H groups in total. The highest BCUT2D eigenvalue weighted by Crippen LogP contribution is 2.24. The van der Waals surface area contributed by atoms with Gasteiger partial charge >= 0.3 is 0 Å². The summed E-state index contributed by atoms with van der Waals surface area (Å²) in [5.41, 5.74) is 0.780. The van der Waals surface area contributed by atoms with Crippen LogP contribution in [0, 0.1) is 11.7 Å². The van der Waals surface area contributed by atoms with Crippen LogP contribution in [0.1, 0.15) is 18.4 Å². The van der Waals surface area contributed by atoms with Gasteiger partial charge < -0.3 is 5.32 Å². The predicted octanol–water partition coefficient (Wildman–Crippen LogP) is 3.02. The Kier molecular flexibility index (Phi) is 5.15. The second-order valence-corrected chi connectivity index (χ2v) is 5.86. The minimum atomic E-state index is -0.111. The van der Waals surface area contributed by atoms with E-state index >= 15 is 0 Å². The number of rotatable bonds is 4. The second kappa shape index (κ2) is 6.64. The summed E-state index contributed by atoms with van der Waals surface area (Å²) >= 11 is 3.44. The number of benzene rings is 1. The zero-order valence-corrected chi connectivity index (χ0v) is 12.3. The third kappa shape index (κ3) is 3.53. The molecular formula is C14H20BrFN2. The van der Waals surface area contributed by atoms with Gasteiger partial charge in [0.2, 0.25) is 0 Å². The summed E-state index contributed by atoms with van der Waals surface area (Å²) in [5, 5.41) is 3.23. The number of hydrogen-bond acceptors (Lipinski definition) is 2. The van der Waals surface area contributed by atoms with Crippen molar-refractivity contribution in [3.8, 4) is 0 Å². The van der Waals surface area contributed by atoms with Gasteiger partial charge in [0.15, 0.2) is 0 Å². The third-order valence-electron chi connectivity index (χ3n) is 3.54. The molecule has 0 aliphatic carbocycles. The van der Waals surface area contributed by atoms with Gasteiger partial charge in [-0.15, -0.1) is 0 Å². The Morgan fingerprint density at radius 2 is 2.33 bits per heavy atom. The molecule has 0 radical (unpaired) electrons. The van der Waals surface area contributed by atoms with Crippen LogP contribution >= 0.6 is 15.9 Å². The number of piperidine rings is 1. The number of nitrogens with zero attached hydrogens (tertiary/aromatic N) is 1. The normalized spacial score (nSPS) is 21.2. The first-order valence-electron chi connectivity index (χ1n) is 6.50. The molecule has 1 aromatic carbocycles. The largest absolute Gasteiger partial charge is 0.319 e. The van der Waals surface area contributed by atoms with Crippen LogP contribution in [0.2, 0.25) is 0 Å². The summed E-state index contributed by atoms with van der Waals surface area (Å²) in [6.45, 7) is 3.88. The van der Waals surface area contributed by atoms with Crippen LogP contribution in [0.25, 0.3) is 0 Å². The SMILES string of the molecule is CNCC1CCCN(Cc2c(F)cccc2Br)C1. The summed E-state index contributed by atoms with van der Waals surface area (Å²) < 4.78 is 14.7. The quantitative estimate of drug-likeness (QED) is 0.919. The molecule has 0 spiro atoms. The minimum absolute atomic E-state index is 0.111. The van der Waals surface area contributed by atoms with E-state index in [1.165, 1.54) is 18.9 Å². The fourth-order valence-electron chi connectivity index (χ4n) is 2.66. The molecule has 100 valence electrons. The maximum Gasteiger partial charge on any atom is 0.128 e. The zero-order valence-electron chi connectivity index (χ0n) is 10.8. The lowest BCUT2D eigenvalue weighted by Crippen LogP contribution is -2.38. The second-order valence-electron chi connectivity index (χ2n) is 5.00. The smallest absolute Gasteiger partial charge is 0.128 e. The van der Waals surface area contributed by atoms with Crippen LogP contribution in [0.15, 0.2) is 22.7 Å².